The molecular weight excluding hydrogens is 590 g/mol. The second kappa shape index (κ2) is 10.9. The summed E-state index contributed by atoms with van der Waals surface area (Å²) < 4.78 is 110. The lowest BCUT2D eigenvalue weighted by molar-refractivity contribution is -0.376. The first-order valence-electron chi connectivity index (χ1n) is 12.3. The maximum atomic E-state index is 13.8. The Morgan fingerprint density at radius 3 is 2.26 bits per heavy atom. The number of aryl methyl sites for hydroxylation is 2. The van der Waals surface area contributed by atoms with Crippen molar-refractivity contribution in [3.05, 3.63) is 88.7 Å². The Kier molecular flexibility index (Phi) is 8.00. The monoisotopic (exact) mass is 612 g/mol. The van der Waals surface area contributed by atoms with E-state index in [0.29, 0.717) is 12.1 Å². The minimum Gasteiger partial charge on any atom is -0.369 e. The third-order valence-electron chi connectivity index (χ3n) is 6.85. The number of anilines is 1. The number of amides is 1. The van der Waals surface area contributed by atoms with Gasteiger partial charge < -0.3 is 10.4 Å². The van der Waals surface area contributed by atoms with Crippen molar-refractivity contribution in [2.24, 2.45) is 0 Å². The Bertz CT molecular complexity index is 1620. The average molecular weight is 613 g/mol. The fraction of sp³-hybridized carbons (Fsp3) is 0.296. The van der Waals surface area contributed by atoms with Crippen LogP contribution in [0.3, 0.4) is 0 Å². The van der Waals surface area contributed by atoms with Gasteiger partial charge in [-0.1, -0.05) is 29.8 Å². The molecule has 1 aliphatic heterocycles. The van der Waals surface area contributed by atoms with Crippen LogP contribution in [0.15, 0.2) is 65.7 Å². The molecule has 1 amide bonds. The summed E-state index contributed by atoms with van der Waals surface area (Å²) in [7, 11) is -4.44. The summed E-state index contributed by atoms with van der Waals surface area (Å²) in [6, 6.07) is 10.8. The second-order valence-corrected chi connectivity index (χ2v) is 11.4. The first-order valence-corrected chi connectivity index (χ1v) is 13.7. The van der Waals surface area contributed by atoms with E-state index in [1.165, 1.54) is 36.4 Å². The number of carbonyl (C=O) groups excluding carboxylic acids is 1. The van der Waals surface area contributed by atoms with Gasteiger partial charge >= 0.3 is 12.4 Å². The Hall–Kier alpha value is -4.16. The van der Waals surface area contributed by atoms with E-state index in [2.05, 4.69) is 10.3 Å². The number of benzene rings is 2. The third kappa shape index (κ3) is 5.51. The fourth-order valence-electron chi connectivity index (χ4n) is 4.59. The van der Waals surface area contributed by atoms with Crippen molar-refractivity contribution in [1.29, 1.82) is 5.26 Å². The normalized spacial score (nSPS) is 16.0. The zero-order valence-electron chi connectivity index (χ0n) is 21.7. The highest BCUT2D eigenvalue weighted by atomic mass is 32.2. The van der Waals surface area contributed by atoms with E-state index in [-0.39, 0.29) is 46.8 Å². The molecule has 2 N–H and O–H groups in total. The molecule has 0 saturated carbocycles. The summed E-state index contributed by atoms with van der Waals surface area (Å²) in [6.07, 6.45) is -11.3. The molecule has 0 spiro atoms. The van der Waals surface area contributed by atoms with Crippen LogP contribution in [0, 0.1) is 18.3 Å². The van der Waals surface area contributed by atoms with Crippen LogP contribution in [-0.2, 0) is 22.0 Å². The molecule has 15 heteroatoms. The molecule has 0 saturated heterocycles. The van der Waals surface area contributed by atoms with Gasteiger partial charge in [0, 0.05) is 18.3 Å². The van der Waals surface area contributed by atoms with Crippen LogP contribution in [0.5, 0.6) is 0 Å². The number of alkyl halides is 6. The van der Waals surface area contributed by atoms with Crippen molar-refractivity contribution in [1.82, 2.24) is 10.3 Å². The molecule has 2 heterocycles. The lowest BCUT2D eigenvalue weighted by atomic mass is 9.88. The summed E-state index contributed by atoms with van der Waals surface area (Å²) in [5.41, 5.74) is -6.19. The molecule has 1 atom stereocenters. The standard InChI is InChI=1S/C27H22F6N4O4S/c1-16-2-9-22(10-3-16)42(40,41)37-21(15-36-24(38)18-4-7-20(13-34)35-14-18)8-5-17-12-19(6-11-23(17)37)25(39,26(28,29)30)27(31,32)33/h2-4,6-7,9-12,14,21,39H,5,8,15H2,1H3,(H,36,38)/t21-/m0/s1. The number of aliphatic hydroxyl groups is 1. The van der Waals surface area contributed by atoms with Crippen LogP contribution in [0.1, 0.15) is 39.2 Å². The van der Waals surface area contributed by atoms with Crippen LogP contribution in [0.25, 0.3) is 0 Å². The van der Waals surface area contributed by atoms with Gasteiger partial charge in [0.1, 0.15) is 11.8 Å². The fourth-order valence-corrected chi connectivity index (χ4v) is 6.31. The van der Waals surface area contributed by atoms with Gasteiger partial charge in [-0.2, -0.15) is 31.6 Å². The van der Waals surface area contributed by atoms with Crippen molar-refractivity contribution in [3.63, 3.8) is 0 Å². The lowest BCUT2D eigenvalue weighted by Crippen LogP contribution is -2.54. The van der Waals surface area contributed by atoms with Crippen LogP contribution in [0.4, 0.5) is 32.0 Å². The van der Waals surface area contributed by atoms with E-state index >= 15 is 0 Å². The van der Waals surface area contributed by atoms with Crippen LogP contribution < -0.4 is 9.62 Å². The summed E-state index contributed by atoms with van der Waals surface area (Å²) in [5.74, 6) is -0.652. The van der Waals surface area contributed by atoms with Crippen molar-refractivity contribution >= 4 is 21.6 Å². The largest absolute Gasteiger partial charge is 0.430 e. The third-order valence-corrected chi connectivity index (χ3v) is 8.73. The minimum absolute atomic E-state index is 0.0631. The SMILES string of the molecule is Cc1ccc(S(=O)(=O)N2c3ccc(C(O)(C(F)(F)F)C(F)(F)F)cc3CC[C@H]2CNC(=O)c2ccc(C#N)nc2)cc1. The van der Waals surface area contributed by atoms with E-state index in [1.807, 2.05) is 0 Å². The Morgan fingerprint density at radius 2 is 1.71 bits per heavy atom. The quantitative estimate of drug-likeness (QED) is 0.395. The molecule has 1 aromatic heterocycles. The van der Waals surface area contributed by atoms with E-state index in [1.54, 1.807) is 13.0 Å². The number of aromatic nitrogens is 1. The molecule has 0 bridgehead atoms. The van der Waals surface area contributed by atoms with Gasteiger partial charge in [-0.05, 0) is 55.7 Å². The summed E-state index contributed by atoms with van der Waals surface area (Å²) in [6.45, 7) is 1.44. The van der Waals surface area contributed by atoms with E-state index in [0.717, 1.165) is 22.1 Å². The number of pyridine rings is 1. The summed E-state index contributed by atoms with van der Waals surface area (Å²) in [4.78, 5) is 16.3. The smallest absolute Gasteiger partial charge is 0.369 e. The molecule has 222 valence electrons. The number of halogens is 6. The van der Waals surface area contributed by atoms with E-state index in [9.17, 15) is 44.7 Å². The van der Waals surface area contributed by atoms with Crippen molar-refractivity contribution < 1.29 is 44.7 Å². The van der Waals surface area contributed by atoms with Crippen LogP contribution in [-0.4, -0.2) is 49.4 Å². The van der Waals surface area contributed by atoms with Gasteiger partial charge in [0.15, 0.2) is 0 Å². The molecule has 3 aromatic rings. The lowest BCUT2D eigenvalue weighted by Gasteiger charge is -2.39. The van der Waals surface area contributed by atoms with Crippen molar-refractivity contribution in [2.75, 3.05) is 10.8 Å². The number of sulfonamides is 1. The number of carbonyl (C=O) groups is 1. The Morgan fingerprint density at radius 1 is 1.07 bits per heavy atom. The molecule has 4 rings (SSSR count). The van der Waals surface area contributed by atoms with Gasteiger partial charge in [-0.3, -0.25) is 9.10 Å². The van der Waals surface area contributed by atoms with Gasteiger partial charge in [0.25, 0.3) is 21.5 Å². The molecule has 0 aliphatic carbocycles. The summed E-state index contributed by atoms with van der Waals surface area (Å²) in [5, 5.41) is 21.3. The van der Waals surface area contributed by atoms with Gasteiger partial charge in [-0.25, -0.2) is 13.4 Å². The number of nitriles is 1. The van der Waals surface area contributed by atoms with Gasteiger partial charge in [0.05, 0.1) is 22.2 Å². The van der Waals surface area contributed by atoms with Crippen LogP contribution >= 0.6 is 0 Å². The first-order chi connectivity index (χ1) is 19.5. The molecule has 2 aromatic carbocycles. The maximum absolute atomic E-state index is 13.8. The highest BCUT2D eigenvalue weighted by Crippen LogP contribution is 2.51. The van der Waals surface area contributed by atoms with Gasteiger partial charge in [-0.15, -0.1) is 0 Å². The van der Waals surface area contributed by atoms with E-state index < -0.39 is 45.5 Å². The van der Waals surface area contributed by atoms with Gasteiger partial charge in [0.2, 0.25) is 0 Å². The van der Waals surface area contributed by atoms with E-state index in [4.69, 9.17) is 5.26 Å². The molecular formula is C27H22F6N4O4S. The first kappa shape index (κ1) is 30.8. The number of hydrogen-bond acceptors (Lipinski definition) is 6. The molecule has 8 nitrogen and oxygen atoms in total. The van der Waals surface area contributed by atoms with Crippen LogP contribution in [0.2, 0.25) is 0 Å². The molecule has 0 radical (unpaired) electrons. The minimum atomic E-state index is -6.12. The maximum Gasteiger partial charge on any atom is 0.430 e. The number of hydrogen-bond donors (Lipinski definition) is 2. The zero-order valence-corrected chi connectivity index (χ0v) is 22.5. The highest BCUT2D eigenvalue weighted by molar-refractivity contribution is 7.92. The topological polar surface area (TPSA) is 123 Å². The average Bonchev–Trinajstić information content (AvgIpc) is 2.93. The predicted octanol–water partition coefficient (Wildman–Crippen LogP) is 4.51. The number of fused-ring (bicyclic) bond motifs is 1. The number of nitrogens with zero attached hydrogens (tertiary/aromatic N) is 3. The zero-order chi connectivity index (χ0) is 31.1. The Labute approximate surface area is 236 Å². The van der Waals surface area contributed by atoms with Crippen molar-refractivity contribution in [2.45, 2.75) is 48.7 Å². The molecule has 0 fully saturated rings. The molecule has 0 unspecified atom stereocenters. The number of rotatable bonds is 6. The molecule has 42 heavy (non-hydrogen) atoms. The Balaban J connectivity index is 1.76. The number of nitrogens with one attached hydrogen (secondary N) is 1. The second-order valence-electron chi connectivity index (χ2n) is 9.61. The summed E-state index contributed by atoms with van der Waals surface area (Å²) >= 11 is 0. The highest BCUT2D eigenvalue weighted by Gasteiger charge is 2.71. The van der Waals surface area contributed by atoms with Crippen molar-refractivity contribution in [3.8, 4) is 6.07 Å². The molecule has 1 aliphatic rings. The predicted molar refractivity (Wildman–Crippen MR) is 137 cm³/mol.